The third-order valence-electron chi connectivity index (χ3n) is 7.37. The van der Waals surface area contributed by atoms with E-state index in [4.69, 9.17) is 19.3 Å². The lowest BCUT2D eigenvalue weighted by atomic mass is 9.84. The average molecular weight is 503 g/mol. The molecule has 4 N–H and O–H groups in total. The van der Waals surface area contributed by atoms with Gasteiger partial charge in [0.2, 0.25) is 0 Å². The molecule has 0 aromatic rings. The highest BCUT2D eigenvalue weighted by Crippen LogP contribution is 2.38. The van der Waals surface area contributed by atoms with E-state index in [1.807, 2.05) is 13.8 Å². The number of esters is 1. The first-order valence-corrected chi connectivity index (χ1v) is 13.3. The Morgan fingerprint density at radius 2 is 1.63 bits per heavy atom. The molecular weight excluding hydrogens is 456 g/mol. The fraction of sp³-hybridized carbons (Fsp3) is 0.923. The van der Waals surface area contributed by atoms with Crippen LogP contribution in [0.15, 0.2) is 0 Å². The smallest absolute Gasteiger partial charge is 0.306 e. The second kappa shape index (κ2) is 15.1. The molecule has 9 unspecified atom stereocenters. The number of hydrogen-bond donors (Lipinski definition) is 4. The number of aliphatic hydroxyl groups is 3. The third-order valence-corrected chi connectivity index (χ3v) is 7.37. The molecule has 2 rings (SSSR count). The first-order valence-electron chi connectivity index (χ1n) is 13.3. The maximum atomic E-state index is 12.1. The molecule has 0 spiro atoms. The number of hydrogen-bond acceptors (Lipinski definition) is 8. The van der Waals surface area contributed by atoms with Crippen LogP contribution in [0.2, 0.25) is 0 Å². The highest BCUT2D eigenvalue weighted by Gasteiger charge is 2.48. The molecule has 2 fully saturated rings. The van der Waals surface area contributed by atoms with Crippen LogP contribution in [-0.2, 0) is 23.8 Å². The molecule has 9 heteroatoms. The number of ether oxygens (including phenoxy) is 3. The zero-order valence-electron chi connectivity index (χ0n) is 21.5. The molecule has 0 aromatic heterocycles. The Bertz CT molecular complexity index is 640. The molecule has 35 heavy (non-hydrogen) atoms. The van der Waals surface area contributed by atoms with Gasteiger partial charge in [-0.2, -0.15) is 0 Å². The number of rotatable bonds is 17. The lowest BCUT2D eigenvalue weighted by Crippen LogP contribution is -2.51. The fourth-order valence-electron chi connectivity index (χ4n) is 4.83. The molecule has 0 bridgehead atoms. The van der Waals surface area contributed by atoms with E-state index in [1.54, 1.807) is 6.92 Å². The fourth-order valence-corrected chi connectivity index (χ4v) is 4.83. The maximum absolute atomic E-state index is 12.1. The first kappa shape index (κ1) is 30.0. The van der Waals surface area contributed by atoms with Crippen LogP contribution >= 0.6 is 0 Å². The Hall–Kier alpha value is -1.26. The van der Waals surface area contributed by atoms with Crippen LogP contribution in [0.3, 0.4) is 0 Å². The van der Waals surface area contributed by atoms with Gasteiger partial charge in [0.05, 0.1) is 43.7 Å². The molecule has 0 aromatic carbocycles. The van der Waals surface area contributed by atoms with E-state index in [0.717, 1.165) is 32.1 Å². The molecule has 0 amide bonds. The third kappa shape index (κ3) is 10.7. The van der Waals surface area contributed by atoms with Crippen LogP contribution in [0.4, 0.5) is 0 Å². The predicted molar refractivity (Wildman–Crippen MR) is 129 cm³/mol. The summed E-state index contributed by atoms with van der Waals surface area (Å²) in [6, 6.07) is 0. The van der Waals surface area contributed by atoms with Crippen LogP contribution in [0, 0.1) is 17.8 Å². The van der Waals surface area contributed by atoms with Crippen LogP contribution in [0.25, 0.3) is 0 Å². The summed E-state index contributed by atoms with van der Waals surface area (Å²) in [4.78, 5) is 22.6. The summed E-state index contributed by atoms with van der Waals surface area (Å²) in [5.41, 5.74) is 0. The minimum Gasteiger partial charge on any atom is -0.481 e. The van der Waals surface area contributed by atoms with Crippen LogP contribution in [0.5, 0.6) is 0 Å². The summed E-state index contributed by atoms with van der Waals surface area (Å²) >= 11 is 0. The molecule has 204 valence electrons. The Kier molecular flexibility index (Phi) is 12.9. The van der Waals surface area contributed by atoms with Crippen molar-refractivity contribution >= 4 is 11.9 Å². The van der Waals surface area contributed by atoms with Gasteiger partial charge in [0.15, 0.2) is 0 Å². The molecule has 9 nitrogen and oxygen atoms in total. The molecule has 0 saturated carbocycles. The molecule has 2 aliphatic rings. The highest BCUT2D eigenvalue weighted by molar-refractivity contribution is 5.69. The molecule has 2 aliphatic heterocycles. The van der Waals surface area contributed by atoms with E-state index >= 15 is 0 Å². The van der Waals surface area contributed by atoms with E-state index in [2.05, 4.69) is 0 Å². The van der Waals surface area contributed by atoms with E-state index in [-0.39, 0.29) is 48.8 Å². The molecule has 9 atom stereocenters. The second-order valence-electron chi connectivity index (χ2n) is 10.6. The first-order chi connectivity index (χ1) is 16.6. The number of unbranched alkanes of at least 4 members (excludes halogenated alkanes) is 5. The Labute approximate surface area is 209 Å². The van der Waals surface area contributed by atoms with Gasteiger partial charge in [-0.25, -0.2) is 0 Å². The summed E-state index contributed by atoms with van der Waals surface area (Å²) < 4.78 is 16.8. The van der Waals surface area contributed by atoms with Crippen molar-refractivity contribution in [2.24, 2.45) is 17.8 Å². The quantitative estimate of drug-likeness (QED) is 0.134. The van der Waals surface area contributed by atoms with Gasteiger partial charge >= 0.3 is 11.9 Å². The van der Waals surface area contributed by atoms with Gasteiger partial charge in [0, 0.05) is 24.7 Å². The van der Waals surface area contributed by atoms with Crippen molar-refractivity contribution in [3.8, 4) is 0 Å². The molecule has 0 aliphatic carbocycles. The van der Waals surface area contributed by atoms with Gasteiger partial charge in [-0.3, -0.25) is 9.59 Å². The zero-order valence-corrected chi connectivity index (χ0v) is 21.5. The van der Waals surface area contributed by atoms with E-state index in [0.29, 0.717) is 32.5 Å². The summed E-state index contributed by atoms with van der Waals surface area (Å²) in [7, 11) is 0. The largest absolute Gasteiger partial charge is 0.481 e. The summed E-state index contributed by atoms with van der Waals surface area (Å²) in [6.07, 6.45) is 3.86. The SMILES string of the molecule is CC(CC(=O)OCCCCCCCCC(=O)O)CC1OCC(CC2OC2C(C)C(C)O)C(O)C1O. The van der Waals surface area contributed by atoms with Crippen molar-refractivity contribution in [1.82, 2.24) is 0 Å². The molecule has 2 saturated heterocycles. The van der Waals surface area contributed by atoms with Crippen molar-refractivity contribution in [3.05, 3.63) is 0 Å². The number of carboxylic acids is 1. The normalized spacial score (nSPS) is 30.9. The number of epoxide rings is 1. The van der Waals surface area contributed by atoms with Crippen molar-refractivity contribution in [1.29, 1.82) is 0 Å². The molecule has 0 radical (unpaired) electrons. The van der Waals surface area contributed by atoms with E-state index < -0.39 is 30.4 Å². The van der Waals surface area contributed by atoms with Crippen molar-refractivity contribution in [3.63, 3.8) is 0 Å². The van der Waals surface area contributed by atoms with Gasteiger partial charge in [0.1, 0.15) is 6.10 Å². The van der Waals surface area contributed by atoms with Gasteiger partial charge < -0.3 is 34.6 Å². The summed E-state index contributed by atoms with van der Waals surface area (Å²) in [6.45, 7) is 6.29. The standard InChI is InChI=1S/C26H46O9/c1-16(13-23(30)33-11-9-7-5-4-6-8-10-22(28)29)12-20-25(32)24(31)19(15-34-20)14-21-26(35-21)17(2)18(3)27/h16-21,24-27,31-32H,4-15H2,1-3H3,(H,28,29). The number of carbonyl (C=O) groups excluding carboxylic acids is 1. The monoisotopic (exact) mass is 502 g/mol. The summed E-state index contributed by atoms with van der Waals surface area (Å²) in [5.74, 6) is -1.28. The van der Waals surface area contributed by atoms with Crippen LogP contribution in [0.1, 0.15) is 85.0 Å². The zero-order chi connectivity index (χ0) is 26.0. The average Bonchev–Trinajstić information content (AvgIpc) is 3.55. The van der Waals surface area contributed by atoms with Crippen LogP contribution in [-0.4, -0.2) is 82.2 Å². The lowest BCUT2D eigenvalue weighted by Gasteiger charge is -2.38. The number of carbonyl (C=O) groups is 2. The lowest BCUT2D eigenvalue weighted by molar-refractivity contribution is -0.171. The minimum absolute atomic E-state index is 0.0214. The van der Waals surface area contributed by atoms with Crippen molar-refractivity contribution < 1.29 is 44.2 Å². The van der Waals surface area contributed by atoms with E-state index in [9.17, 15) is 24.9 Å². The van der Waals surface area contributed by atoms with E-state index in [1.165, 1.54) is 0 Å². The maximum Gasteiger partial charge on any atom is 0.306 e. The van der Waals surface area contributed by atoms with Gasteiger partial charge in [-0.05, 0) is 38.5 Å². The summed E-state index contributed by atoms with van der Waals surface area (Å²) in [5, 5.41) is 39.5. The van der Waals surface area contributed by atoms with Gasteiger partial charge in [-0.1, -0.05) is 39.5 Å². The second-order valence-corrected chi connectivity index (χ2v) is 10.6. The Balaban J connectivity index is 1.56. The molecular formula is C26H46O9. The number of aliphatic carboxylic acids is 1. The molecule has 2 heterocycles. The highest BCUT2D eigenvalue weighted by atomic mass is 16.6. The van der Waals surface area contributed by atoms with Gasteiger partial charge in [0.25, 0.3) is 0 Å². The van der Waals surface area contributed by atoms with Crippen LogP contribution < -0.4 is 0 Å². The topological polar surface area (TPSA) is 146 Å². The van der Waals surface area contributed by atoms with Crippen molar-refractivity contribution in [2.45, 2.75) is 122 Å². The minimum atomic E-state index is -1.02. The number of aliphatic hydroxyl groups excluding tert-OH is 3. The number of carboxylic acid groups (broad SMARTS) is 1. The van der Waals surface area contributed by atoms with Gasteiger partial charge in [-0.15, -0.1) is 0 Å². The Morgan fingerprint density at radius 3 is 2.29 bits per heavy atom. The predicted octanol–water partition coefficient (Wildman–Crippen LogP) is 2.67. The van der Waals surface area contributed by atoms with Crippen molar-refractivity contribution in [2.75, 3.05) is 13.2 Å². The Morgan fingerprint density at radius 1 is 0.971 bits per heavy atom.